The molecule has 1 aromatic heterocycles. The number of hydrogen-bond acceptors (Lipinski definition) is 3. The van der Waals surface area contributed by atoms with Crippen LogP contribution in [0.1, 0.15) is 41.6 Å². The SMILES string of the molecule is CCc1ccc(NC(=O)c2ccc(CN3CCCC3)o2)cc1. The highest BCUT2D eigenvalue weighted by Crippen LogP contribution is 2.17. The third kappa shape index (κ3) is 3.57. The minimum atomic E-state index is -0.197. The van der Waals surface area contributed by atoms with Gasteiger partial charge in [0.25, 0.3) is 5.91 Å². The first-order valence-corrected chi connectivity index (χ1v) is 7.96. The van der Waals surface area contributed by atoms with Gasteiger partial charge in [-0.15, -0.1) is 0 Å². The van der Waals surface area contributed by atoms with Crippen molar-refractivity contribution in [2.24, 2.45) is 0 Å². The van der Waals surface area contributed by atoms with Gasteiger partial charge in [-0.2, -0.15) is 0 Å². The summed E-state index contributed by atoms with van der Waals surface area (Å²) in [5.74, 6) is 1.03. The number of carbonyl (C=O) groups excluding carboxylic acids is 1. The standard InChI is InChI=1S/C18H22N2O2/c1-2-14-5-7-15(8-6-14)19-18(21)17-10-9-16(22-17)13-20-11-3-4-12-20/h5-10H,2-4,11-13H2,1H3,(H,19,21). The van der Waals surface area contributed by atoms with Crippen LogP contribution in [0.15, 0.2) is 40.8 Å². The second-order valence-corrected chi connectivity index (χ2v) is 5.75. The van der Waals surface area contributed by atoms with Gasteiger partial charge in [0.15, 0.2) is 5.76 Å². The smallest absolute Gasteiger partial charge is 0.291 e. The van der Waals surface area contributed by atoms with Crippen molar-refractivity contribution in [1.29, 1.82) is 0 Å². The number of rotatable bonds is 5. The molecule has 0 unspecified atom stereocenters. The first-order valence-electron chi connectivity index (χ1n) is 7.96. The van der Waals surface area contributed by atoms with E-state index in [1.54, 1.807) is 6.07 Å². The fourth-order valence-corrected chi connectivity index (χ4v) is 2.76. The lowest BCUT2D eigenvalue weighted by Gasteiger charge is -2.11. The van der Waals surface area contributed by atoms with Crippen molar-refractivity contribution in [2.75, 3.05) is 18.4 Å². The molecule has 1 N–H and O–H groups in total. The highest BCUT2D eigenvalue weighted by molar-refractivity contribution is 6.02. The van der Waals surface area contributed by atoms with E-state index in [9.17, 15) is 4.79 Å². The predicted octanol–water partition coefficient (Wildman–Crippen LogP) is 3.69. The number of hydrogen-bond donors (Lipinski definition) is 1. The van der Waals surface area contributed by atoms with Gasteiger partial charge in [-0.1, -0.05) is 19.1 Å². The Morgan fingerprint density at radius 1 is 1.14 bits per heavy atom. The molecule has 1 aliphatic rings. The fourth-order valence-electron chi connectivity index (χ4n) is 2.76. The number of nitrogens with zero attached hydrogens (tertiary/aromatic N) is 1. The number of nitrogens with one attached hydrogen (secondary N) is 1. The molecule has 0 saturated carbocycles. The van der Waals surface area contributed by atoms with E-state index in [4.69, 9.17) is 4.42 Å². The quantitative estimate of drug-likeness (QED) is 0.915. The Balaban J connectivity index is 1.60. The summed E-state index contributed by atoms with van der Waals surface area (Å²) in [6.45, 7) is 5.13. The molecular formula is C18H22N2O2. The summed E-state index contributed by atoms with van der Waals surface area (Å²) >= 11 is 0. The zero-order valence-corrected chi connectivity index (χ0v) is 13.0. The van der Waals surface area contributed by atoms with E-state index in [-0.39, 0.29) is 5.91 Å². The normalized spacial score (nSPS) is 15.1. The average molecular weight is 298 g/mol. The Kier molecular flexibility index (Phi) is 4.59. The number of furan rings is 1. The summed E-state index contributed by atoms with van der Waals surface area (Å²) < 4.78 is 5.67. The van der Waals surface area contributed by atoms with Crippen LogP contribution >= 0.6 is 0 Å². The van der Waals surface area contributed by atoms with Gasteiger partial charge in [0.05, 0.1) is 6.54 Å². The minimum absolute atomic E-state index is 0.197. The lowest BCUT2D eigenvalue weighted by molar-refractivity contribution is 0.0993. The molecular weight excluding hydrogens is 276 g/mol. The Morgan fingerprint density at radius 2 is 1.86 bits per heavy atom. The van der Waals surface area contributed by atoms with Crippen LogP contribution in [0.2, 0.25) is 0 Å². The van der Waals surface area contributed by atoms with Crippen molar-refractivity contribution in [3.63, 3.8) is 0 Å². The van der Waals surface area contributed by atoms with Crippen molar-refractivity contribution in [1.82, 2.24) is 4.90 Å². The predicted molar refractivity (Wildman–Crippen MR) is 87.0 cm³/mol. The summed E-state index contributed by atoms with van der Waals surface area (Å²) in [6.07, 6.45) is 3.50. The maximum absolute atomic E-state index is 12.2. The Labute approximate surface area is 131 Å². The molecule has 1 aliphatic heterocycles. The summed E-state index contributed by atoms with van der Waals surface area (Å²) in [4.78, 5) is 14.6. The molecule has 4 nitrogen and oxygen atoms in total. The van der Waals surface area contributed by atoms with Crippen LogP contribution < -0.4 is 5.32 Å². The van der Waals surface area contributed by atoms with Crippen LogP contribution in [-0.2, 0) is 13.0 Å². The van der Waals surface area contributed by atoms with Gasteiger partial charge in [-0.3, -0.25) is 9.69 Å². The van der Waals surface area contributed by atoms with E-state index in [1.807, 2.05) is 30.3 Å². The number of aryl methyl sites for hydroxylation is 1. The minimum Gasteiger partial charge on any atom is -0.455 e. The summed E-state index contributed by atoms with van der Waals surface area (Å²) in [6, 6.07) is 11.5. The highest BCUT2D eigenvalue weighted by atomic mass is 16.4. The second-order valence-electron chi connectivity index (χ2n) is 5.75. The Bertz CT molecular complexity index is 625. The van der Waals surface area contributed by atoms with Crippen LogP contribution in [-0.4, -0.2) is 23.9 Å². The molecule has 1 fully saturated rings. The molecule has 1 saturated heterocycles. The van der Waals surface area contributed by atoms with Gasteiger partial charge in [-0.25, -0.2) is 0 Å². The lowest BCUT2D eigenvalue weighted by Crippen LogP contribution is -2.18. The van der Waals surface area contributed by atoms with E-state index < -0.39 is 0 Å². The zero-order chi connectivity index (χ0) is 15.4. The molecule has 0 aliphatic carbocycles. The van der Waals surface area contributed by atoms with Crippen LogP contribution in [0.4, 0.5) is 5.69 Å². The summed E-state index contributed by atoms with van der Waals surface area (Å²) in [7, 11) is 0. The highest BCUT2D eigenvalue weighted by Gasteiger charge is 2.16. The first-order chi connectivity index (χ1) is 10.7. The Morgan fingerprint density at radius 3 is 2.55 bits per heavy atom. The van der Waals surface area contributed by atoms with Crippen molar-refractivity contribution in [3.05, 3.63) is 53.5 Å². The summed E-state index contributed by atoms with van der Waals surface area (Å²) in [5.41, 5.74) is 2.04. The van der Waals surface area contributed by atoms with E-state index in [1.165, 1.54) is 18.4 Å². The van der Waals surface area contributed by atoms with Crippen LogP contribution in [0.25, 0.3) is 0 Å². The Hall–Kier alpha value is -2.07. The van der Waals surface area contributed by atoms with Gasteiger partial charge < -0.3 is 9.73 Å². The molecule has 0 radical (unpaired) electrons. The molecule has 1 aromatic carbocycles. The van der Waals surface area contributed by atoms with Gasteiger partial charge in [0.2, 0.25) is 0 Å². The largest absolute Gasteiger partial charge is 0.455 e. The van der Waals surface area contributed by atoms with Gasteiger partial charge in [0.1, 0.15) is 5.76 Å². The molecule has 22 heavy (non-hydrogen) atoms. The number of benzene rings is 1. The molecule has 1 amide bonds. The van der Waals surface area contributed by atoms with Crippen molar-refractivity contribution in [3.8, 4) is 0 Å². The molecule has 0 spiro atoms. The molecule has 4 heteroatoms. The molecule has 0 atom stereocenters. The van der Waals surface area contributed by atoms with Crippen LogP contribution in [0, 0.1) is 0 Å². The maximum Gasteiger partial charge on any atom is 0.291 e. The van der Waals surface area contributed by atoms with Crippen LogP contribution in [0.3, 0.4) is 0 Å². The monoisotopic (exact) mass is 298 g/mol. The number of amides is 1. The fraction of sp³-hybridized carbons (Fsp3) is 0.389. The van der Waals surface area contributed by atoms with Gasteiger partial charge in [-0.05, 0) is 62.2 Å². The molecule has 3 rings (SSSR count). The number of carbonyl (C=O) groups is 1. The number of anilines is 1. The first kappa shape index (κ1) is 14.9. The summed E-state index contributed by atoms with van der Waals surface area (Å²) in [5, 5.41) is 2.87. The third-order valence-corrected chi connectivity index (χ3v) is 4.08. The van der Waals surface area contributed by atoms with Crippen molar-refractivity contribution < 1.29 is 9.21 Å². The van der Waals surface area contributed by atoms with E-state index in [0.29, 0.717) is 5.76 Å². The second kappa shape index (κ2) is 6.79. The van der Waals surface area contributed by atoms with Crippen LogP contribution in [0.5, 0.6) is 0 Å². The van der Waals surface area contributed by atoms with Crippen molar-refractivity contribution in [2.45, 2.75) is 32.7 Å². The third-order valence-electron chi connectivity index (χ3n) is 4.08. The maximum atomic E-state index is 12.2. The molecule has 2 aromatic rings. The molecule has 2 heterocycles. The van der Waals surface area contributed by atoms with Crippen molar-refractivity contribution >= 4 is 11.6 Å². The van der Waals surface area contributed by atoms with E-state index in [0.717, 1.165) is 37.5 Å². The number of likely N-dealkylation sites (tertiary alicyclic amines) is 1. The van der Waals surface area contributed by atoms with Gasteiger partial charge >= 0.3 is 0 Å². The lowest BCUT2D eigenvalue weighted by atomic mass is 10.1. The zero-order valence-electron chi connectivity index (χ0n) is 13.0. The molecule has 0 bridgehead atoms. The van der Waals surface area contributed by atoms with Gasteiger partial charge in [0, 0.05) is 5.69 Å². The molecule has 116 valence electrons. The van der Waals surface area contributed by atoms with E-state index >= 15 is 0 Å². The van der Waals surface area contributed by atoms with E-state index in [2.05, 4.69) is 17.1 Å². The topological polar surface area (TPSA) is 45.5 Å². The average Bonchev–Trinajstić information content (AvgIpc) is 3.20.